The molecule has 0 aliphatic rings. The Balaban J connectivity index is 1.79. The van der Waals surface area contributed by atoms with Gasteiger partial charge in [-0.2, -0.15) is 0 Å². The number of sulfonamides is 1. The number of nitrogens with one attached hydrogen (secondary N) is 2. The van der Waals surface area contributed by atoms with E-state index in [-0.39, 0.29) is 23.0 Å². The quantitative estimate of drug-likeness (QED) is 0.507. The second-order valence-corrected chi connectivity index (χ2v) is 7.55. The van der Waals surface area contributed by atoms with Crippen molar-refractivity contribution in [1.29, 1.82) is 0 Å². The van der Waals surface area contributed by atoms with Gasteiger partial charge in [0.1, 0.15) is 0 Å². The van der Waals surface area contributed by atoms with Gasteiger partial charge in [-0.05, 0) is 31.2 Å². The van der Waals surface area contributed by atoms with Crippen LogP contribution in [0.4, 0.5) is 5.69 Å². The summed E-state index contributed by atoms with van der Waals surface area (Å²) in [6.07, 6.45) is 0.162. The Kier molecular flexibility index (Phi) is 7.28. The summed E-state index contributed by atoms with van der Waals surface area (Å²) in [6, 6.07) is 10.9. The van der Waals surface area contributed by atoms with Gasteiger partial charge in [0, 0.05) is 12.7 Å². The Morgan fingerprint density at radius 1 is 1.19 bits per heavy atom. The van der Waals surface area contributed by atoms with Gasteiger partial charge in [-0.1, -0.05) is 29.8 Å². The summed E-state index contributed by atoms with van der Waals surface area (Å²) < 4.78 is 31.4. The molecular formula is C17H18ClN3O5S. The zero-order valence-electron chi connectivity index (χ0n) is 14.4. The molecule has 2 aromatic rings. The van der Waals surface area contributed by atoms with E-state index in [0.29, 0.717) is 5.69 Å². The van der Waals surface area contributed by atoms with Crippen LogP contribution in [0.2, 0.25) is 5.15 Å². The lowest BCUT2D eigenvalue weighted by atomic mass is 10.3. The zero-order valence-corrected chi connectivity index (χ0v) is 16.0. The van der Waals surface area contributed by atoms with Gasteiger partial charge < -0.3 is 10.1 Å². The fourth-order valence-corrected chi connectivity index (χ4v) is 3.21. The standard InChI is InChI=1S/C17H18ClN3O5S/c1-12(17(23)21-14-8-5-10-19-16(14)18)26-15(22)9-11-20-27(24,25)13-6-3-2-4-7-13/h2-8,10,12,20H,9,11H2,1H3,(H,21,23)/t12-/m1/s1. The number of nitrogens with zero attached hydrogens (tertiary/aromatic N) is 1. The molecule has 1 heterocycles. The van der Waals surface area contributed by atoms with Crippen molar-refractivity contribution in [2.45, 2.75) is 24.3 Å². The van der Waals surface area contributed by atoms with E-state index < -0.39 is 28.0 Å². The molecule has 0 aliphatic carbocycles. The van der Waals surface area contributed by atoms with E-state index in [1.54, 1.807) is 30.3 Å². The number of rotatable bonds is 8. The average molecular weight is 412 g/mol. The molecule has 1 aromatic carbocycles. The predicted octanol–water partition coefficient (Wildman–Crippen LogP) is 1.97. The molecule has 0 fully saturated rings. The van der Waals surface area contributed by atoms with Gasteiger partial charge in [-0.25, -0.2) is 18.1 Å². The maximum atomic E-state index is 12.0. The van der Waals surface area contributed by atoms with E-state index in [4.69, 9.17) is 16.3 Å². The molecule has 0 saturated carbocycles. The molecule has 1 aromatic heterocycles. The summed E-state index contributed by atoms with van der Waals surface area (Å²) in [4.78, 5) is 27.8. The van der Waals surface area contributed by atoms with E-state index in [9.17, 15) is 18.0 Å². The van der Waals surface area contributed by atoms with Crippen LogP contribution in [0.3, 0.4) is 0 Å². The summed E-state index contributed by atoms with van der Waals surface area (Å²) in [5, 5.41) is 2.61. The molecule has 1 atom stereocenters. The number of ether oxygens (including phenoxy) is 1. The first-order chi connectivity index (χ1) is 12.8. The number of carbonyl (C=O) groups excluding carboxylic acids is 2. The van der Waals surface area contributed by atoms with Gasteiger partial charge in [-0.3, -0.25) is 9.59 Å². The lowest BCUT2D eigenvalue weighted by molar-refractivity contribution is -0.152. The minimum absolute atomic E-state index is 0.0967. The monoisotopic (exact) mass is 411 g/mol. The third-order valence-electron chi connectivity index (χ3n) is 3.37. The van der Waals surface area contributed by atoms with E-state index in [1.807, 2.05) is 0 Å². The third-order valence-corrected chi connectivity index (χ3v) is 5.15. The Hall–Kier alpha value is -2.49. The number of benzene rings is 1. The maximum absolute atomic E-state index is 12.0. The van der Waals surface area contributed by atoms with Gasteiger partial charge in [-0.15, -0.1) is 0 Å². The van der Waals surface area contributed by atoms with Gasteiger partial charge in [0.2, 0.25) is 10.0 Å². The smallest absolute Gasteiger partial charge is 0.307 e. The Morgan fingerprint density at radius 3 is 2.56 bits per heavy atom. The first-order valence-corrected chi connectivity index (χ1v) is 9.81. The fraction of sp³-hybridized carbons (Fsp3) is 0.235. The van der Waals surface area contributed by atoms with Crippen LogP contribution in [0, 0.1) is 0 Å². The second-order valence-electron chi connectivity index (χ2n) is 5.42. The SMILES string of the molecule is C[C@@H](OC(=O)CCNS(=O)(=O)c1ccccc1)C(=O)Nc1cccnc1Cl. The van der Waals surface area contributed by atoms with Crippen molar-refractivity contribution in [2.24, 2.45) is 0 Å². The van der Waals surface area contributed by atoms with E-state index in [0.717, 1.165) is 0 Å². The van der Waals surface area contributed by atoms with Crippen LogP contribution in [0.25, 0.3) is 0 Å². The molecule has 0 bridgehead atoms. The topological polar surface area (TPSA) is 114 Å². The van der Waals surface area contributed by atoms with Crippen LogP contribution in [0.1, 0.15) is 13.3 Å². The highest BCUT2D eigenvalue weighted by Gasteiger charge is 2.20. The number of carbonyl (C=O) groups is 2. The molecular weight excluding hydrogens is 394 g/mol. The zero-order chi connectivity index (χ0) is 19.9. The lowest BCUT2D eigenvalue weighted by Crippen LogP contribution is -2.32. The van der Waals surface area contributed by atoms with E-state index >= 15 is 0 Å². The van der Waals surface area contributed by atoms with Crippen molar-refractivity contribution in [3.05, 3.63) is 53.8 Å². The Morgan fingerprint density at radius 2 is 1.89 bits per heavy atom. The summed E-state index contributed by atoms with van der Waals surface area (Å²) in [7, 11) is -3.70. The highest BCUT2D eigenvalue weighted by atomic mass is 35.5. The number of aromatic nitrogens is 1. The summed E-state index contributed by atoms with van der Waals surface area (Å²) in [5.74, 6) is -1.30. The van der Waals surface area contributed by atoms with Gasteiger partial charge in [0.15, 0.2) is 11.3 Å². The molecule has 2 rings (SSSR count). The molecule has 2 N–H and O–H groups in total. The molecule has 27 heavy (non-hydrogen) atoms. The molecule has 0 saturated heterocycles. The van der Waals surface area contributed by atoms with Gasteiger partial charge >= 0.3 is 5.97 Å². The van der Waals surface area contributed by atoms with Crippen molar-refractivity contribution >= 4 is 39.2 Å². The van der Waals surface area contributed by atoms with Crippen molar-refractivity contribution < 1.29 is 22.7 Å². The van der Waals surface area contributed by atoms with Crippen LogP contribution in [0.15, 0.2) is 53.6 Å². The van der Waals surface area contributed by atoms with Gasteiger partial charge in [0.05, 0.1) is 17.0 Å². The summed E-state index contributed by atoms with van der Waals surface area (Å²) in [6.45, 7) is 1.24. The van der Waals surface area contributed by atoms with E-state index in [1.165, 1.54) is 25.3 Å². The second kappa shape index (κ2) is 9.45. The number of halogens is 1. The van der Waals surface area contributed by atoms with Crippen molar-refractivity contribution in [2.75, 3.05) is 11.9 Å². The van der Waals surface area contributed by atoms with Crippen LogP contribution in [-0.2, 0) is 24.3 Å². The van der Waals surface area contributed by atoms with E-state index in [2.05, 4.69) is 15.0 Å². The highest BCUT2D eigenvalue weighted by Crippen LogP contribution is 2.17. The van der Waals surface area contributed by atoms with Crippen LogP contribution >= 0.6 is 11.6 Å². The minimum atomic E-state index is -3.70. The first-order valence-electron chi connectivity index (χ1n) is 7.95. The summed E-state index contributed by atoms with van der Waals surface area (Å²) in [5.41, 5.74) is 0.294. The van der Waals surface area contributed by atoms with Crippen LogP contribution < -0.4 is 10.0 Å². The molecule has 0 radical (unpaired) electrons. The third kappa shape index (κ3) is 6.31. The van der Waals surface area contributed by atoms with Gasteiger partial charge in [0.25, 0.3) is 5.91 Å². The van der Waals surface area contributed by atoms with Crippen molar-refractivity contribution in [1.82, 2.24) is 9.71 Å². The molecule has 1 amide bonds. The number of anilines is 1. The van der Waals surface area contributed by atoms with Crippen LogP contribution in [-0.4, -0.2) is 37.9 Å². The first kappa shape index (κ1) is 20.8. The minimum Gasteiger partial charge on any atom is -0.452 e. The summed E-state index contributed by atoms with van der Waals surface area (Å²) >= 11 is 5.84. The molecule has 144 valence electrons. The maximum Gasteiger partial charge on any atom is 0.307 e. The molecule has 0 unspecified atom stereocenters. The normalized spacial score (nSPS) is 12.2. The van der Waals surface area contributed by atoms with Crippen molar-refractivity contribution in [3.63, 3.8) is 0 Å². The van der Waals surface area contributed by atoms with Crippen LogP contribution in [0.5, 0.6) is 0 Å². The number of hydrogen-bond donors (Lipinski definition) is 2. The molecule has 0 spiro atoms. The lowest BCUT2D eigenvalue weighted by Gasteiger charge is -2.14. The number of pyridine rings is 1. The largest absolute Gasteiger partial charge is 0.452 e. The fourth-order valence-electron chi connectivity index (χ4n) is 1.99. The number of amides is 1. The molecule has 0 aliphatic heterocycles. The Bertz CT molecular complexity index is 906. The average Bonchev–Trinajstić information content (AvgIpc) is 2.64. The molecule has 10 heteroatoms. The highest BCUT2D eigenvalue weighted by molar-refractivity contribution is 7.89. The number of esters is 1. The number of hydrogen-bond acceptors (Lipinski definition) is 6. The molecule has 8 nitrogen and oxygen atoms in total. The predicted molar refractivity (Wildman–Crippen MR) is 99.7 cm³/mol. The Labute approximate surface area is 161 Å². The van der Waals surface area contributed by atoms with Crippen molar-refractivity contribution in [3.8, 4) is 0 Å².